The third-order valence-corrected chi connectivity index (χ3v) is 8.61. The van der Waals surface area contributed by atoms with Crippen LogP contribution in [0.5, 0.6) is 11.5 Å². The van der Waals surface area contributed by atoms with Gasteiger partial charge in [0.1, 0.15) is 11.5 Å². The molecule has 3 aromatic rings. The van der Waals surface area contributed by atoms with Crippen LogP contribution in [-0.2, 0) is 11.2 Å². The zero-order valence-corrected chi connectivity index (χ0v) is 23.2. The summed E-state index contributed by atoms with van der Waals surface area (Å²) in [6.45, 7) is 12.9. The van der Waals surface area contributed by atoms with Gasteiger partial charge in [0.05, 0.1) is 44.0 Å². The molecule has 0 radical (unpaired) electrons. The average molecular weight is 507 g/mol. The number of morpholine rings is 1. The van der Waals surface area contributed by atoms with Crippen LogP contribution in [0.3, 0.4) is 0 Å². The van der Waals surface area contributed by atoms with Crippen LogP contribution in [0.4, 0.5) is 0 Å². The van der Waals surface area contributed by atoms with E-state index in [-0.39, 0.29) is 5.54 Å². The first-order valence-corrected chi connectivity index (χ1v) is 14.0. The molecule has 3 heterocycles. The van der Waals surface area contributed by atoms with E-state index in [1.807, 2.05) is 19.1 Å². The minimum atomic E-state index is 0.255. The highest BCUT2D eigenvalue weighted by atomic mass is 16.5. The van der Waals surface area contributed by atoms with Gasteiger partial charge in [-0.1, -0.05) is 19.3 Å². The van der Waals surface area contributed by atoms with Crippen LogP contribution >= 0.6 is 0 Å². The molecule has 2 fully saturated rings. The minimum absolute atomic E-state index is 0.255. The van der Waals surface area contributed by atoms with Crippen molar-refractivity contribution in [3.63, 3.8) is 0 Å². The maximum Gasteiger partial charge on any atom is 0.146 e. The first-order valence-electron chi connectivity index (χ1n) is 14.0. The summed E-state index contributed by atoms with van der Waals surface area (Å²) < 4.78 is 19.5. The van der Waals surface area contributed by atoms with E-state index in [0.29, 0.717) is 6.61 Å². The molecule has 0 atom stereocenters. The Balaban J connectivity index is 1.54. The van der Waals surface area contributed by atoms with Gasteiger partial charge >= 0.3 is 0 Å². The number of hydrogen-bond acceptors (Lipinski definition) is 6. The maximum absolute atomic E-state index is 5.81. The largest absolute Gasteiger partial charge is 0.494 e. The molecule has 7 nitrogen and oxygen atoms in total. The molecule has 2 aliphatic rings. The van der Waals surface area contributed by atoms with Gasteiger partial charge in [0, 0.05) is 46.9 Å². The molecule has 1 aromatic carbocycles. The lowest BCUT2D eigenvalue weighted by Crippen LogP contribution is -2.54. The summed E-state index contributed by atoms with van der Waals surface area (Å²) in [6, 6.07) is 6.08. The molecule has 0 N–H and O–H groups in total. The van der Waals surface area contributed by atoms with Crippen LogP contribution in [0.25, 0.3) is 16.5 Å². The number of ether oxygens (including phenoxy) is 3. The van der Waals surface area contributed by atoms with E-state index in [2.05, 4.69) is 41.4 Å². The Bertz CT molecular complexity index is 1240. The smallest absolute Gasteiger partial charge is 0.146 e. The van der Waals surface area contributed by atoms with Crippen LogP contribution in [0.15, 0.2) is 18.2 Å². The van der Waals surface area contributed by atoms with Crippen molar-refractivity contribution in [3.8, 4) is 17.2 Å². The van der Waals surface area contributed by atoms with E-state index < -0.39 is 0 Å². The van der Waals surface area contributed by atoms with Gasteiger partial charge in [-0.2, -0.15) is 10.2 Å². The number of benzene rings is 1. The van der Waals surface area contributed by atoms with Gasteiger partial charge in [-0.3, -0.25) is 4.90 Å². The third kappa shape index (κ3) is 4.84. The predicted octanol–water partition coefficient (Wildman–Crippen LogP) is 5.72. The van der Waals surface area contributed by atoms with Crippen LogP contribution in [-0.4, -0.2) is 65.2 Å². The fourth-order valence-electron chi connectivity index (χ4n) is 6.83. The highest BCUT2D eigenvalue weighted by Gasteiger charge is 2.38. The van der Waals surface area contributed by atoms with E-state index in [1.165, 1.54) is 54.3 Å². The molecule has 1 saturated heterocycles. The summed E-state index contributed by atoms with van der Waals surface area (Å²) in [5, 5.41) is 11.9. The number of fused-ring (bicyclic) bond motifs is 1. The Hall–Kier alpha value is -2.64. The monoisotopic (exact) mass is 506 g/mol. The van der Waals surface area contributed by atoms with Gasteiger partial charge in [-0.25, -0.2) is 0 Å². The van der Waals surface area contributed by atoms with Crippen molar-refractivity contribution in [2.45, 2.75) is 78.2 Å². The summed E-state index contributed by atoms with van der Waals surface area (Å²) in [5.74, 6) is 1.61. The van der Waals surface area contributed by atoms with Gasteiger partial charge in [-0.15, -0.1) is 0 Å². The first kappa shape index (κ1) is 26.0. The van der Waals surface area contributed by atoms with Gasteiger partial charge in [-0.05, 0) is 65.5 Å². The average Bonchev–Trinajstić information content (AvgIpc) is 3.20. The van der Waals surface area contributed by atoms with Crippen LogP contribution in [0, 0.1) is 20.8 Å². The highest BCUT2D eigenvalue weighted by Crippen LogP contribution is 2.40. The standard InChI is InChI=1S/C30H42N4O3/c1-6-37-24-10-11-26(27(20-24)35-5)34-22(3)28-21(2)31-32-25(29(28)23(34)4)12-15-30(13-8-7-9-14-30)33-16-18-36-19-17-33/h10-11,20H,6-9,12-19H2,1-5H3. The molecule has 0 bridgehead atoms. The third-order valence-electron chi connectivity index (χ3n) is 8.61. The second kappa shape index (κ2) is 11.0. The number of nitrogens with zero attached hydrogens (tertiary/aromatic N) is 4. The summed E-state index contributed by atoms with van der Waals surface area (Å²) in [6.07, 6.45) is 8.60. The predicted molar refractivity (Wildman–Crippen MR) is 147 cm³/mol. The molecule has 1 aliphatic carbocycles. The molecule has 0 spiro atoms. The topological polar surface area (TPSA) is 61.6 Å². The number of aryl methyl sites for hydroxylation is 4. The van der Waals surface area contributed by atoms with Crippen molar-refractivity contribution >= 4 is 10.8 Å². The molecule has 0 unspecified atom stereocenters. The molecule has 200 valence electrons. The molecule has 0 amide bonds. The van der Waals surface area contributed by atoms with Crippen LogP contribution in [0.1, 0.15) is 68.2 Å². The first-order chi connectivity index (χ1) is 18.0. The summed E-state index contributed by atoms with van der Waals surface area (Å²) in [5.41, 5.74) is 5.72. The Kier molecular flexibility index (Phi) is 7.72. The molecule has 2 aromatic heterocycles. The number of methoxy groups -OCH3 is 1. The van der Waals surface area contributed by atoms with Crippen molar-refractivity contribution in [3.05, 3.63) is 41.0 Å². The number of hydrogen-bond donors (Lipinski definition) is 0. The molecule has 1 aliphatic heterocycles. The van der Waals surface area contributed by atoms with E-state index in [9.17, 15) is 0 Å². The van der Waals surface area contributed by atoms with Crippen LogP contribution in [0.2, 0.25) is 0 Å². The Morgan fingerprint density at radius 2 is 1.70 bits per heavy atom. The lowest BCUT2D eigenvalue weighted by Gasteiger charge is -2.48. The zero-order valence-electron chi connectivity index (χ0n) is 23.2. The normalized spacial score (nSPS) is 18.3. The van der Waals surface area contributed by atoms with Crippen LogP contribution < -0.4 is 9.47 Å². The van der Waals surface area contributed by atoms with Gasteiger partial charge in [0.15, 0.2) is 0 Å². The molecule has 7 heteroatoms. The Morgan fingerprint density at radius 1 is 0.973 bits per heavy atom. The van der Waals surface area contributed by atoms with E-state index in [4.69, 9.17) is 19.3 Å². The fraction of sp³-hybridized carbons (Fsp3) is 0.600. The van der Waals surface area contributed by atoms with E-state index >= 15 is 0 Å². The SMILES string of the molecule is CCOc1ccc(-n2c(C)c3c(C)nnc(CCC4(N5CCOCC5)CCCCC4)c3c2C)c(OC)c1. The zero-order chi connectivity index (χ0) is 26.0. The second-order valence-corrected chi connectivity index (χ2v) is 10.6. The molecule has 1 saturated carbocycles. The number of aromatic nitrogens is 3. The van der Waals surface area contributed by atoms with Crippen molar-refractivity contribution in [2.24, 2.45) is 0 Å². The van der Waals surface area contributed by atoms with E-state index in [0.717, 1.165) is 67.7 Å². The maximum atomic E-state index is 5.81. The molecular formula is C30H42N4O3. The molecule has 5 rings (SSSR count). The molecule has 37 heavy (non-hydrogen) atoms. The van der Waals surface area contributed by atoms with Crippen molar-refractivity contribution < 1.29 is 14.2 Å². The van der Waals surface area contributed by atoms with Crippen molar-refractivity contribution in [2.75, 3.05) is 40.0 Å². The highest BCUT2D eigenvalue weighted by molar-refractivity contribution is 5.93. The Morgan fingerprint density at radius 3 is 2.41 bits per heavy atom. The summed E-state index contributed by atoms with van der Waals surface area (Å²) in [4.78, 5) is 2.72. The lowest BCUT2D eigenvalue weighted by atomic mass is 9.76. The van der Waals surface area contributed by atoms with Gasteiger partial charge < -0.3 is 18.8 Å². The van der Waals surface area contributed by atoms with Gasteiger partial charge in [0.2, 0.25) is 0 Å². The quantitative estimate of drug-likeness (QED) is 0.389. The lowest BCUT2D eigenvalue weighted by molar-refractivity contribution is -0.0409. The minimum Gasteiger partial charge on any atom is -0.494 e. The fourth-order valence-corrected chi connectivity index (χ4v) is 6.83. The Labute approximate surface area is 221 Å². The summed E-state index contributed by atoms with van der Waals surface area (Å²) >= 11 is 0. The summed E-state index contributed by atoms with van der Waals surface area (Å²) in [7, 11) is 1.72. The van der Waals surface area contributed by atoms with Crippen molar-refractivity contribution in [1.82, 2.24) is 19.7 Å². The van der Waals surface area contributed by atoms with Gasteiger partial charge in [0.25, 0.3) is 0 Å². The van der Waals surface area contributed by atoms with Crippen molar-refractivity contribution in [1.29, 1.82) is 0 Å². The number of rotatable bonds is 8. The van der Waals surface area contributed by atoms with E-state index in [1.54, 1.807) is 7.11 Å². The second-order valence-electron chi connectivity index (χ2n) is 10.6. The molecular weight excluding hydrogens is 464 g/mol.